The summed E-state index contributed by atoms with van der Waals surface area (Å²) in [5.41, 5.74) is 0.689. The van der Waals surface area contributed by atoms with Crippen LogP contribution in [0.25, 0.3) is 10.8 Å². The lowest BCUT2D eigenvalue weighted by Crippen LogP contribution is -2.02. The van der Waals surface area contributed by atoms with Crippen molar-refractivity contribution in [3.05, 3.63) is 77.7 Å². The van der Waals surface area contributed by atoms with Crippen molar-refractivity contribution in [1.82, 2.24) is 14.8 Å². The number of fused-ring (bicyclic) bond motifs is 1. The number of nitrogens with zero attached hydrogens (tertiary/aromatic N) is 5. The van der Waals surface area contributed by atoms with Crippen LogP contribution in [0.3, 0.4) is 0 Å². The van der Waals surface area contributed by atoms with Crippen molar-refractivity contribution in [3.8, 4) is 5.75 Å². The number of benzene rings is 2. The third-order valence-electron chi connectivity index (χ3n) is 4.74. The number of aryl methyl sites for hydroxylation is 1. The highest BCUT2D eigenvalue weighted by molar-refractivity contribution is 6.14. The van der Waals surface area contributed by atoms with Gasteiger partial charge in [0.05, 0.1) is 18.9 Å². The van der Waals surface area contributed by atoms with Crippen molar-refractivity contribution in [1.29, 1.82) is 0 Å². The molecule has 2 aromatic carbocycles. The van der Waals surface area contributed by atoms with Crippen LogP contribution in [0.4, 0.5) is 11.5 Å². The standard InChI is InChI=1S/C22H17N5O4/c1-27-21(17(12-24-27)22(30)31-2)26-25-18-15-6-4-3-5-14(15)11-16(20(18)29)19(28)13-7-9-23-10-8-13/h3-12,29H,1-2H3. The zero-order valence-corrected chi connectivity index (χ0v) is 16.7. The fourth-order valence-electron chi connectivity index (χ4n) is 3.15. The molecule has 4 rings (SSSR count). The number of carbonyl (C=O) groups is 2. The number of esters is 1. The first-order chi connectivity index (χ1) is 15.0. The van der Waals surface area contributed by atoms with Gasteiger partial charge in [0.1, 0.15) is 11.3 Å². The fraction of sp³-hybridized carbons (Fsp3) is 0.0909. The summed E-state index contributed by atoms with van der Waals surface area (Å²) >= 11 is 0. The molecule has 9 nitrogen and oxygen atoms in total. The predicted octanol–water partition coefficient (Wildman–Crippen LogP) is 4.11. The van der Waals surface area contributed by atoms with E-state index >= 15 is 0 Å². The van der Waals surface area contributed by atoms with Crippen molar-refractivity contribution in [2.45, 2.75) is 0 Å². The molecule has 0 atom stereocenters. The van der Waals surface area contributed by atoms with E-state index in [9.17, 15) is 14.7 Å². The minimum atomic E-state index is -0.613. The van der Waals surface area contributed by atoms with Gasteiger partial charge in [-0.25, -0.2) is 9.48 Å². The van der Waals surface area contributed by atoms with E-state index in [1.807, 2.05) is 6.07 Å². The molecule has 31 heavy (non-hydrogen) atoms. The normalized spacial score (nSPS) is 11.2. The van der Waals surface area contributed by atoms with Crippen molar-refractivity contribution < 1.29 is 19.4 Å². The highest BCUT2D eigenvalue weighted by Crippen LogP contribution is 2.40. The molecular formula is C22H17N5O4. The number of ether oxygens (including phenoxy) is 1. The van der Waals surface area contributed by atoms with Crippen LogP contribution in [-0.4, -0.2) is 38.7 Å². The van der Waals surface area contributed by atoms with Crippen LogP contribution >= 0.6 is 0 Å². The molecule has 0 fully saturated rings. The summed E-state index contributed by atoms with van der Waals surface area (Å²) in [6.45, 7) is 0. The molecule has 0 saturated heterocycles. The molecule has 0 aliphatic heterocycles. The van der Waals surface area contributed by atoms with Crippen molar-refractivity contribution in [3.63, 3.8) is 0 Å². The molecule has 0 unspecified atom stereocenters. The van der Waals surface area contributed by atoms with Crippen LogP contribution < -0.4 is 0 Å². The summed E-state index contributed by atoms with van der Waals surface area (Å²) in [7, 11) is 2.85. The molecule has 0 radical (unpaired) electrons. The lowest BCUT2D eigenvalue weighted by molar-refractivity contribution is 0.0601. The molecule has 154 valence electrons. The smallest absolute Gasteiger partial charge is 0.343 e. The number of carbonyl (C=O) groups excluding carboxylic acids is 2. The SMILES string of the molecule is COC(=O)c1cnn(C)c1N=Nc1c(O)c(C(=O)c2ccncc2)cc2ccccc12. The summed E-state index contributed by atoms with van der Waals surface area (Å²) in [4.78, 5) is 28.9. The minimum absolute atomic E-state index is 0.0806. The van der Waals surface area contributed by atoms with E-state index in [0.717, 1.165) is 0 Å². The van der Waals surface area contributed by atoms with Crippen molar-refractivity contribution in [2.24, 2.45) is 17.3 Å². The number of phenolic OH excluding ortho intramolecular Hbond substituents is 1. The summed E-state index contributed by atoms with van der Waals surface area (Å²) in [6.07, 6.45) is 4.33. The maximum Gasteiger partial charge on any atom is 0.343 e. The topological polar surface area (TPSA) is 119 Å². The second-order valence-corrected chi connectivity index (χ2v) is 6.60. The van der Waals surface area contributed by atoms with Gasteiger partial charge >= 0.3 is 5.97 Å². The Morgan fingerprint density at radius 3 is 2.55 bits per heavy atom. The van der Waals surface area contributed by atoms with Gasteiger partial charge in [-0.05, 0) is 23.6 Å². The first-order valence-corrected chi connectivity index (χ1v) is 9.22. The molecule has 1 N–H and O–H groups in total. The number of aromatic nitrogens is 3. The van der Waals surface area contributed by atoms with E-state index in [1.54, 1.807) is 43.4 Å². The number of rotatable bonds is 5. The van der Waals surface area contributed by atoms with Crippen molar-refractivity contribution in [2.75, 3.05) is 7.11 Å². The first-order valence-electron chi connectivity index (χ1n) is 9.22. The highest BCUT2D eigenvalue weighted by Gasteiger charge is 2.21. The van der Waals surface area contributed by atoms with Crippen LogP contribution in [0.2, 0.25) is 0 Å². The maximum atomic E-state index is 13.0. The monoisotopic (exact) mass is 415 g/mol. The predicted molar refractivity (Wildman–Crippen MR) is 112 cm³/mol. The van der Waals surface area contributed by atoms with Gasteiger partial charge in [0.2, 0.25) is 0 Å². The molecule has 0 bridgehead atoms. The second kappa shape index (κ2) is 8.15. The molecule has 0 aliphatic rings. The van der Waals surface area contributed by atoms with Gasteiger partial charge in [-0.2, -0.15) is 5.10 Å². The molecule has 9 heteroatoms. The Labute approximate surface area is 176 Å². The van der Waals surface area contributed by atoms with E-state index in [1.165, 1.54) is 30.4 Å². The summed E-state index contributed by atoms with van der Waals surface area (Å²) < 4.78 is 6.10. The molecule has 4 aromatic rings. The van der Waals surface area contributed by atoms with Gasteiger partial charge in [0, 0.05) is 30.4 Å². The lowest BCUT2D eigenvalue weighted by atomic mass is 9.98. The van der Waals surface area contributed by atoms with E-state index in [0.29, 0.717) is 16.3 Å². The second-order valence-electron chi connectivity index (χ2n) is 6.60. The van der Waals surface area contributed by atoms with Crippen molar-refractivity contribution >= 4 is 34.0 Å². The van der Waals surface area contributed by atoms with Crippen LogP contribution in [0.15, 0.2) is 71.3 Å². The summed E-state index contributed by atoms with van der Waals surface area (Å²) in [5, 5.41) is 24.6. The number of azo groups is 1. The average Bonchev–Trinajstić information content (AvgIpc) is 3.18. The summed E-state index contributed by atoms with van der Waals surface area (Å²) in [6, 6.07) is 11.9. The molecule has 0 spiro atoms. The summed E-state index contributed by atoms with van der Waals surface area (Å²) in [5.74, 6) is -1.15. The molecule has 0 amide bonds. The largest absolute Gasteiger partial charge is 0.505 e. The third kappa shape index (κ3) is 3.64. The Bertz CT molecular complexity index is 1330. The van der Waals surface area contributed by atoms with Gasteiger partial charge in [0.15, 0.2) is 17.4 Å². The Hall–Kier alpha value is -4.40. The Kier molecular flexibility index (Phi) is 5.23. The van der Waals surface area contributed by atoms with E-state index in [-0.39, 0.29) is 34.2 Å². The molecule has 0 aliphatic carbocycles. The van der Waals surface area contributed by atoms with Crippen LogP contribution in [0, 0.1) is 0 Å². The molecule has 2 aromatic heterocycles. The van der Waals surface area contributed by atoms with Gasteiger partial charge in [-0.3, -0.25) is 9.78 Å². The number of phenols is 1. The van der Waals surface area contributed by atoms with E-state index in [2.05, 4.69) is 20.3 Å². The molecule has 0 saturated carbocycles. The Balaban J connectivity index is 1.88. The minimum Gasteiger partial charge on any atom is -0.505 e. The number of ketones is 1. The molecule has 2 heterocycles. The van der Waals surface area contributed by atoms with E-state index in [4.69, 9.17) is 4.74 Å². The van der Waals surface area contributed by atoms with Gasteiger partial charge in [0.25, 0.3) is 0 Å². The number of pyridine rings is 1. The Morgan fingerprint density at radius 1 is 1.06 bits per heavy atom. The van der Waals surface area contributed by atoms with Crippen LogP contribution in [0.5, 0.6) is 5.75 Å². The zero-order chi connectivity index (χ0) is 22.0. The first kappa shape index (κ1) is 19.9. The average molecular weight is 415 g/mol. The third-order valence-corrected chi connectivity index (χ3v) is 4.74. The lowest BCUT2D eigenvalue weighted by Gasteiger charge is -2.10. The molecular weight excluding hydrogens is 398 g/mol. The van der Waals surface area contributed by atoms with Gasteiger partial charge in [-0.15, -0.1) is 10.2 Å². The van der Waals surface area contributed by atoms with Crippen LogP contribution in [-0.2, 0) is 11.8 Å². The number of methoxy groups -OCH3 is 1. The fourth-order valence-corrected chi connectivity index (χ4v) is 3.15. The van der Waals surface area contributed by atoms with Gasteiger partial charge < -0.3 is 9.84 Å². The van der Waals surface area contributed by atoms with E-state index < -0.39 is 5.97 Å². The highest BCUT2D eigenvalue weighted by atomic mass is 16.5. The maximum absolute atomic E-state index is 13.0. The number of aromatic hydroxyl groups is 1. The number of hydrogen-bond donors (Lipinski definition) is 1. The zero-order valence-electron chi connectivity index (χ0n) is 16.7. The number of hydrogen-bond acceptors (Lipinski definition) is 8. The Morgan fingerprint density at radius 2 is 1.81 bits per heavy atom. The van der Waals surface area contributed by atoms with Crippen LogP contribution in [0.1, 0.15) is 26.3 Å². The quantitative estimate of drug-likeness (QED) is 0.298. The van der Waals surface area contributed by atoms with Gasteiger partial charge in [-0.1, -0.05) is 24.3 Å².